The van der Waals surface area contributed by atoms with Crippen molar-refractivity contribution in [1.29, 1.82) is 0 Å². The average Bonchev–Trinajstić information content (AvgIpc) is 2.35. The Hall–Kier alpha value is -0.0951. The summed E-state index contributed by atoms with van der Waals surface area (Å²) in [4.78, 5) is 2.53. The molecule has 106 valence electrons. The molecule has 1 aliphatic rings. The van der Waals surface area contributed by atoms with Gasteiger partial charge in [-0.15, -0.1) is 0 Å². The highest BCUT2D eigenvalue weighted by molar-refractivity contribution is 6.40. The molecule has 1 heterocycles. The Bertz CT molecular complexity index is 209. The molecule has 4 N–H and O–H groups in total. The Morgan fingerprint density at radius 3 is 2.50 bits per heavy atom. The molecule has 0 aromatic rings. The third kappa shape index (κ3) is 6.18. The van der Waals surface area contributed by atoms with Crippen LogP contribution in [0, 0.1) is 5.92 Å². The smallest absolute Gasteiger partial charge is 0.427 e. The first kappa shape index (κ1) is 16.0. The van der Waals surface area contributed by atoms with Crippen LogP contribution in [0.25, 0.3) is 0 Å². The third-order valence-electron chi connectivity index (χ3n) is 4.03. The topological polar surface area (TPSA) is 69.7 Å². The zero-order valence-electron chi connectivity index (χ0n) is 11.7. The van der Waals surface area contributed by atoms with Crippen LogP contribution in [0.3, 0.4) is 0 Å². The van der Waals surface area contributed by atoms with E-state index in [1.54, 1.807) is 0 Å². The van der Waals surface area contributed by atoms with Crippen molar-refractivity contribution >= 4 is 7.12 Å². The van der Waals surface area contributed by atoms with E-state index in [1.165, 1.54) is 38.9 Å². The van der Waals surface area contributed by atoms with Crippen LogP contribution in [-0.2, 0) is 0 Å². The molecule has 0 aromatic heterocycles. The second kappa shape index (κ2) is 8.91. The van der Waals surface area contributed by atoms with Gasteiger partial charge in [0.05, 0.1) is 0 Å². The number of hydrogen-bond donors (Lipinski definition) is 3. The zero-order chi connectivity index (χ0) is 13.4. The molecule has 0 aromatic carbocycles. The number of nitrogens with zero attached hydrogens (tertiary/aromatic N) is 1. The molecule has 1 saturated heterocycles. The number of hydrogen-bond acceptors (Lipinski definition) is 4. The predicted molar refractivity (Wildman–Crippen MR) is 76.3 cm³/mol. The van der Waals surface area contributed by atoms with E-state index in [9.17, 15) is 0 Å². The lowest BCUT2D eigenvalue weighted by Crippen LogP contribution is -2.41. The van der Waals surface area contributed by atoms with Gasteiger partial charge in [-0.2, -0.15) is 0 Å². The molecular weight excluding hydrogens is 227 g/mol. The fourth-order valence-corrected chi connectivity index (χ4v) is 2.86. The molecular formula is C13H29BN2O2. The van der Waals surface area contributed by atoms with Gasteiger partial charge in [-0.1, -0.05) is 19.8 Å². The van der Waals surface area contributed by atoms with Gasteiger partial charge in [0, 0.05) is 6.04 Å². The minimum Gasteiger partial charge on any atom is -0.427 e. The summed E-state index contributed by atoms with van der Waals surface area (Å²) in [6, 6.07) is 0.296. The monoisotopic (exact) mass is 256 g/mol. The fourth-order valence-electron chi connectivity index (χ4n) is 2.86. The van der Waals surface area contributed by atoms with Crippen LogP contribution in [0.2, 0.25) is 6.32 Å². The van der Waals surface area contributed by atoms with Crippen LogP contribution >= 0.6 is 0 Å². The molecule has 18 heavy (non-hydrogen) atoms. The molecule has 1 unspecified atom stereocenters. The maximum absolute atomic E-state index is 8.76. The van der Waals surface area contributed by atoms with E-state index in [1.807, 2.05) is 0 Å². The van der Waals surface area contributed by atoms with E-state index in [0.29, 0.717) is 18.3 Å². The van der Waals surface area contributed by atoms with E-state index in [4.69, 9.17) is 15.8 Å². The van der Waals surface area contributed by atoms with Gasteiger partial charge >= 0.3 is 7.12 Å². The number of rotatable bonds is 8. The lowest BCUT2D eigenvalue weighted by Gasteiger charge is -2.34. The molecule has 1 atom stereocenters. The van der Waals surface area contributed by atoms with Gasteiger partial charge < -0.3 is 20.7 Å². The first-order chi connectivity index (χ1) is 8.63. The van der Waals surface area contributed by atoms with Crippen molar-refractivity contribution in [3.63, 3.8) is 0 Å². The lowest BCUT2D eigenvalue weighted by atomic mass is 9.82. The summed E-state index contributed by atoms with van der Waals surface area (Å²) < 4.78 is 0. The van der Waals surface area contributed by atoms with Gasteiger partial charge in [0.15, 0.2) is 0 Å². The largest absolute Gasteiger partial charge is 0.451 e. The maximum atomic E-state index is 8.76. The minimum atomic E-state index is -1.15. The van der Waals surface area contributed by atoms with Crippen LogP contribution in [0.4, 0.5) is 0 Å². The highest BCUT2D eigenvalue weighted by Gasteiger charge is 2.23. The fraction of sp³-hybridized carbons (Fsp3) is 1.00. The standard InChI is InChI=1S/C13H29BN2O2/c1-2-9-16-10-6-12(7-11-16)13(15)5-3-4-8-14(17)18/h12-13,17-18H,2-11,15H2,1H3. The molecule has 0 radical (unpaired) electrons. The van der Waals surface area contributed by atoms with E-state index < -0.39 is 7.12 Å². The van der Waals surface area contributed by atoms with Crippen LogP contribution in [0.5, 0.6) is 0 Å². The highest BCUT2D eigenvalue weighted by Crippen LogP contribution is 2.22. The Balaban J connectivity index is 2.10. The van der Waals surface area contributed by atoms with Crippen molar-refractivity contribution in [2.45, 2.75) is 57.8 Å². The number of nitrogens with two attached hydrogens (primary N) is 1. The summed E-state index contributed by atoms with van der Waals surface area (Å²) in [5.74, 6) is 0.664. The summed E-state index contributed by atoms with van der Waals surface area (Å²) in [5.41, 5.74) is 6.24. The first-order valence-corrected chi connectivity index (χ1v) is 7.47. The van der Waals surface area contributed by atoms with Crippen molar-refractivity contribution in [2.24, 2.45) is 11.7 Å². The first-order valence-electron chi connectivity index (χ1n) is 7.47. The Kier molecular flexibility index (Phi) is 7.90. The van der Waals surface area contributed by atoms with E-state index in [2.05, 4.69) is 11.8 Å². The van der Waals surface area contributed by atoms with Crippen molar-refractivity contribution in [2.75, 3.05) is 19.6 Å². The van der Waals surface area contributed by atoms with E-state index in [-0.39, 0.29) is 0 Å². The summed E-state index contributed by atoms with van der Waals surface area (Å²) in [5, 5.41) is 17.5. The van der Waals surface area contributed by atoms with Crippen LogP contribution in [0.1, 0.15) is 45.4 Å². The Morgan fingerprint density at radius 1 is 1.28 bits per heavy atom. The Morgan fingerprint density at radius 2 is 1.94 bits per heavy atom. The lowest BCUT2D eigenvalue weighted by molar-refractivity contribution is 0.165. The van der Waals surface area contributed by atoms with E-state index in [0.717, 1.165) is 19.3 Å². The normalized spacial score (nSPS) is 20.0. The van der Waals surface area contributed by atoms with Crippen LogP contribution in [-0.4, -0.2) is 47.7 Å². The third-order valence-corrected chi connectivity index (χ3v) is 4.03. The predicted octanol–water partition coefficient (Wildman–Crippen LogP) is 1.08. The molecule has 5 heteroatoms. The second-order valence-electron chi connectivity index (χ2n) is 5.61. The number of piperidine rings is 1. The molecule has 1 rings (SSSR count). The molecule has 4 nitrogen and oxygen atoms in total. The second-order valence-corrected chi connectivity index (χ2v) is 5.61. The quantitative estimate of drug-likeness (QED) is 0.449. The summed E-state index contributed by atoms with van der Waals surface area (Å²) in [6.45, 7) is 5.84. The van der Waals surface area contributed by atoms with Gasteiger partial charge in [0.25, 0.3) is 0 Å². The van der Waals surface area contributed by atoms with Crippen LogP contribution in [0.15, 0.2) is 0 Å². The van der Waals surface area contributed by atoms with Crippen LogP contribution < -0.4 is 5.73 Å². The molecule has 1 fully saturated rings. The summed E-state index contributed by atoms with van der Waals surface area (Å²) in [7, 11) is -1.15. The Labute approximate surface area is 112 Å². The zero-order valence-corrected chi connectivity index (χ0v) is 11.7. The summed E-state index contributed by atoms with van der Waals surface area (Å²) in [6.07, 6.45) is 7.05. The average molecular weight is 256 g/mol. The summed E-state index contributed by atoms with van der Waals surface area (Å²) >= 11 is 0. The van der Waals surface area contributed by atoms with Crippen molar-refractivity contribution in [1.82, 2.24) is 4.90 Å². The van der Waals surface area contributed by atoms with Gasteiger partial charge in [-0.25, -0.2) is 0 Å². The molecule has 0 spiro atoms. The molecule has 0 aliphatic carbocycles. The SMILES string of the molecule is CCCN1CCC(C(N)CCCCB(O)O)CC1. The van der Waals surface area contributed by atoms with Gasteiger partial charge in [-0.05, 0) is 57.6 Å². The van der Waals surface area contributed by atoms with Gasteiger partial charge in [-0.3, -0.25) is 0 Å². The highest BCUT2D eigenvalue weighted by atomic mass is 16.4. The van der Waals surface area contributed by atoms with Gasteiger partial charge in [0.1, 0.15) is 0 Å². The number of unbranched alkanes of at least 4 members (excludes halogenated alkanes) is 1. The van der Waals surface area contributed by atoms with Crippen molar-refractivity contribution in [3.05, 3.63) is 0 Å². The maximum Gasteiger partial charge on any atom is 0.451 e. The van der Waals surface area contributed by atoms with E-state index >= 15 is 0 Å². The van der Waals surface area contributed by atoms with Crippen molar-refractivity contribution < 1.29 is 10.0 Å². The molecule has 0 bridgehead atoms. The minimum absolute atomic E-state index is 0.296. The van der Waals surface area contributed by atoms with Gasteiger partial charge in [0.2, 0.25) is 0 Å². The number of likely N-dealkylation sites (tertiary alicyclic amines) is 1. The molecule has 0 amide bonds. The molecule has 1 aliphatic heterocycles. The van der Waals surface area contributed by atoms with Crippen molar-refractivity contribution in [3.8, 4) is 0 Å². The molecule has 0 saturated carbocycles.